The average Bonchev–Trinajstić information content (AvgIpc) is 2.39. The van der Waals surface area contributed by atoms with Gasteiger partial charge in [0.25, 0.3) is 0 Å². The number of likely N-dealkylation sites (tertiary alicyclic amines) is 1. The first kappa shape index (κ1) is 17.4. The van der Waals surface area contributed by atoms with Gasteiger partial charge in [0.15, 0.2) is 0 Å². The largest absolute Gasteiger partial charge is 0.444 e. The third-order valence-electron chi connectivity index (χ3n) is 4.00. The molecular weight excluding hydrogens is 294 g/mol. The summed E-state index contributed by atoms with van der Waals surface area (Å²) in [6.45, 7) is 6.56. The smallest absolute Gasteiger partial charge is 0.407 e. The van der Waals surface area contributed by atoms with Gasteiger partial charge in [-0.1, -0.05) is 0 Å². The lowest BCUT2D eigenvalue weighted by molar-refractivity contribution is -0.0458. The number of rotatable bonds is 2. The van der Waals surface area contributed by atoms with Gasteiger partial charge in [-0.15, -0.1) is 0 Å². The Morgan fingerprint density at radius 1 is 1.27 bits per heavy atom. The van der Waals surface area contributed by atoms with Crippen molar-refractivity contribution in [3.8, 4) is 0 Å². The van der Waals surface area contributed by atoms with Crippen molar-refractivity contribution >= 4 is 6.09 Å². The Labute approximate surface area is 130 Å². The van der Waals surface area contributed by atoms with Crippen molar-refractivity contribution in [1.29, 1.82) is 0 Å². The van der Waals surface area contributed by atoms with E-state index in [9.17, 15) is 13.6 Å². The number of carbonyl (C=O) groups is 1. The Balaban J connectivity index is 1.83. The Morgan fingerprint density at radius 2 is 2.00 bits per heavy atom. The molecule has 0 aromatic carbocycles. The molecule has 2 heterocycles. The maximum absolute atomic E-state index is 14.3. The van der Waals surface area contributed by atoms with E-state index in [1.54, 1.807) is 20.8 Å². The molecule has 0 aliphatic carbocycles. The Bertz CT molecular complexity index is 389. The molecule has 0 radical (unpaired) electrons. The highest BCUT2D eigenvalue weighted by atomic mass is 19.1. The van der Waals surface area contributed by atoms with Crippen LogP contribution in [0.3, 0.4) is 0 Å². The van der Waals surface area contributed by atoms with Gasteiger partial charge in [0.05, 0.1) is 12.6 Å². The summed E-state index contributed by atoms with van der Waals surface area (Å²) >= 11 is 0. The van der Waals surface area contributed by atoms with E-state index in [4.69, 9.17) is 9.47 Å². The maximum Gasteiger partial charge on any atom is 0.407 e. The molecule has 2 fully saturated rings. The fourth-order valence-electron chi connectivity index (χ4n) is 2.95. The number of hydrogen-bond donors (Lipinski definition) is 1. The molecule has 1 N–H and O–H groups in total. The summed E-state index contributed by atoms with van der Waals surface area (Å²) in [5.74, 6) is 0. The van der Waals surface area contributed by atoms with Gasteiger partial charge in [-0.3, -0.25) is 4.90 Å². The zero-order chi connectivity index (χ0) is 16.3. The molecule has 4 atom stereocenters. The van der Waals surface area contributed by atoms with Crippen LogP contribution in [0.15, 0.2) is 0 Å². The van der Waals surface area contributed by atoms with Crippen LogP contribution in [-0.4, -0.2) is 67.3 Å². The predicted molar refractivity (Wildman–Crippen MR) is 78.4 cm³/mol. The van der Waals surface area contributed by atoms with Gasteiger partial charge in [-0.2, -0.15) is 0 Å². The van der Waals surface area contributed by atoms with Gasteiger partial charge >= 0.3 is 6.09 Å². The highest BCUT2D eigenvalue weighted by molar-refractivity contribution is 5.68. The van der Waals surface area contributed by atoms with Crippen molar-refractivity contribution < 1.29 is 23.0 Å². The number of carbonyl (C=O) groups excluding carboxylic acids is 1. The van der Waals surface area contributed by atoms with E-state index in [0.29, 0.717) is 26.0 Å². The minimum atomic E-state index is -1.23. The molecule has 0 aromatic heterocycles. The molecule has 0 saturated carbocycles. The van der Waals surface area contributed by atoms with Crippen molar-refractivity contribution in [3.63, 3.8) is 0 Å². The monoisotopic (exact) mass is 320 g/mol. The predicted octanol–water partition coefficient (Wildman–Crippen LogP) is 2.05. The first-order valence-corrected chi connectivity index (χ1v) is 7.86. The van der Waals surface area contributed by atoms with E-state index in [1.807, 2.05) is 4.90 Å². The first-order chi connectivity index (χ1) is 10.3. The van der Waals surface area contributed by atoms with Crippen LogP contribution < -0.4 is 5.32 Å². The van der Waals surface area contributed by atoms with E-state index in [1.165, 1.54) is 0 Å². The van der Waals surface area contributed by atoms with Crippen LogP contribution >= 0.6 is 0 Å². The fraction of sp³-hybridized carbons (Fsp3) is 0.933. The molecule has 2 saturated heterocycles. The number of halogens is 2. The minimum Gasteiger partial charge on any atom is -0.444 e. The lowest BCUT2D eigenvalue weighted by Crippen LogP contribution is -2.58. The van der Waals surface area contributed by atoms with Crippen molar-refractivity contribution in [2.24, 2.45) is 0 Å². The second-order valence-corrected chi connectivity index (χ2v) is 7.00. The van der Waals surface area contributed by atoms with E-state index < -0.39 is 30.1 Å². The molecule has 0 spiro atoms. The number of alkyl halides is 2. The molecule has 128 valence electrons. The van der Waals surface area contributed by atoms with Crippen LogP contribution in [0, 0.1) is 0 Å². The summed E-state index contributed by atoms with van der Waals surface area (Å²) in [5, 5.41) is 2.58. The number of hydrogen-bond acceptors (Lipinski definition) is 4. The summed E-state index contributed by atoms with van der Waals surface area (Å²) in [4.78, 5) is 13.6. The topological polar surface area (TPSA) is 50.8 Å². The molecule has 0 bridgehead atoms. The SMILES string of the molecule is CC(C)(C)OC(=O)NC1CCN(C2CCOCC2F)CC1F. The summed E-state index contributed by atoms with van der Waals surface area (Å²) in [6, 6.07) is -0.863. The molecule has 2 rings (SSSR count). The van der Waals surface area contributed by atoms with E-state index in [2.05, 4.69) is 5.32 Å². The van der Waals surface area contributed by atoms with Crippen molar-refractivity contribution in [2.45, 2.75) is 63.6 Å². The first-order valence-electron chi connectivity index (χ1n) is 7.86. The maximum atomic E-state index is 14.3. The number of ether oxygens (including phenoxy) is 2. The van der Waals surface area contributed by atoms with Crippen LogP contribution in [0.2, 0.25) is 0 Å². The van der Waals surface area contributed by atoms with Gasteiger partial charge in [0, 0.05) is 25.7 Å². The summed E-state index contributed by atoms with van der Waals surface area (Å²) < 4.78 is 38.4. The molecule has 5 nitrogen and oxygen atoms in total. The Hall–Kier alpha value is -0.950. The zero-order valence-electron chi connectivity index (χ0n) is 13.5. The minimum absolute atomic E-state index is 0.0811. The van der Waals surface area contributed by atoms with Crippen LogP contribution in [-0.2, 0) is 9.47 Å². The normalized spacial score (nSPS) is 34.2. The number of piperidine rings is 1. The molecular formula is C15H26F2N2O3. The molecule has 2 aliphatic rings. The number of alkyl carbamates (subject to hydrolysis) is 1. The van der Waals surface area contributed by atoms with Gasteiger partial charge < -0.3 is 14.8 Å². The van der Waals surface area contributed by atoms with E-state index in [0.717, 1.165) is 0 Å². The van der Waals surface area contributed by atoms with Gasteiger partial charge in [-0.25, -0.2) is 13.6 Å². The number of nitrogens with one attached hydrogen (secondary N) is 1. The van der Waals surface area contributed by atoms with Gasteiger partial charge in [0.2, 0.25) is 0 Å². The van der Waals surface area contributed by atoms with E-state index in [-0.39, 0.29) is 19.2 Å². The third kappa shape index (κ3) is 4.78. The Morgan fingerprint density at radius 3 is 2.59 bits per heavy atom. The lowest BCUT2D eigenvalue weighted by atomic mass is 9.97. The summed E-state index contributed by atoms with van der Waals surface area (Å²) in [6.07, 6.45) is -1.88. The quantitative estimate of drug-likeness (QED) is 0.846. The summed E-state index contributed by atoms with van der Waals surface area (Å²) in [5.41, 5.74) is -0.611. The summed E-state index contributed by atoms with van der Waals surface area (Å²) in [7, 11) is 0. The van der Waals surface area contributed by atoms with Crippen molar-refractivity contribution in [3.05, 3.63) is 0 Å². The molecule has 22 heavy (non-hydrogen) atoms. The fourth-order valence-corrected chi connectivity index (χ4v) is 2.95. The highest BCUT2D eigenvalue weighted by Crippen LogP contribution is 2.23. The average molecular weight is 320 g/mol. The third-order valence-corrected chi connectivity index (χ3v) is 4.00. The zero-order valence-corrected chi connectivity index (χ0v) is 13.5. The van der Waals surface area contributed by atoms with Crippen LogP contribution in [0.5, 0.6) is 0 Å². The molecule has 2 aliphatic heterocycles. The van der Waals surface area contributed by atoms with Crippen LogP contribution in [0.4, 0.5) is 13.6 Å². The molecule has 4 unspecified atom stereocenters. The second kappa shape index (κ2) is 7.08. The van der Waals surface area contributed by atoms with E-state index >= 15 is 0 Å². The Kier molecular flexibility index (Phi) is 5.60. The highest BCUT2D eigenvalue weighted by Gasteiger charge is 2.38. The molecule has 7 heteroatoms. The molecule has 1 amide bonds. The molecule has 0 aromatic rings. The van der Waals surface area contributed by atoms with Crippen LogP contribution in [0.1, 0.15) is 33.6 Å². The second-order valence-electron chi connectivity index (χ2n) is 7.00. The van der Waals surface area contributed by atoms with Gasteiger partial charge in [-0.05, 0) is 33.6 Å². The van der Waals surface area contributed by atoms with Gasteiger partial charge in [0.1, 0.15) is 17.9 Å². The number of amides is 1. The lowest BCUT2D eigenvalue weighted by Gasteiger charge is -2.42. The van der Waals surface area contributed by atoms with Crippen molar-refractivity contribution in [2.75, 3.05) is 26.3 Å². The standard InChI is InChI=1S/C15H26F2N2O3/c1-15(2,3)22-14(20)18-12-4-6-19(8-10(12)16)13-5-7-21-9-11(13)17/h10-13H,4-9H2,1-3H3,(H,18,20). The number of nitrogens with zero attached hydrogens (tertiary/aromatic N) is 1. The van der Waals surface area contributed by atoms with Crippen molar-refractivity contribution in [1.82, 2.24) is 10.2 Å². The van der Waals surface area contributed by atoms with Crippen LogP contribution in [0.25, 0.3) is 0 Å².